The molecule has 0 saturated carbocycles. The Morgan fingerprint density at radius 1 is 1.38 bits per heavy atom. The Hall–Kier alpha value is -0.860. The first-order chi connectivity index (χ1) is 6.31. The summed E-state index contributed by atoms with van der Waals surface area (Å²) >= 11 is 1.80. The van der Waals surface area contributed by atoms with E-state index < -0.39 is 0 Å². The van der Waals surface area contributed by atoms with E-state index in [1.54, 1.807) is 11.3 Å². The molecule has 0 fully saturated rings. The number of hydrogen-bond acceptors (Lipinski definition) is 2. The minimum absolute atomic E-state index is 0.734. The van der Waals surface area contributed by atoms with Crippen LogP contribution in [-0.2, 0) is 6.42 Å². The Labute approximate surface area is 82.2 Å². The van der Waals surface area contributed by atoms with Gasteiger partial charge in [0.1, 0.15) is 0 Å². The summed E-state index contributed by atoms with van der Waals surface area (Å²) in [5.74, 6) is 0. The van der Waals surface area contributed by atoms with Gasteiger partial charge in [-0.15, -0.1) is 11.3 Å². The second kappa shape index (κ2) is 3.48. The molecule has 2 N–H and O–H groups in total. The van der Waals surface area contributed by atoms with Gasteiger partial charge in [-0.2, -0.15) is 0 Å². The zero-order chi connectivity index (χ0) is 9.26. The van der Waals surface area contributed by atoms with Crippen LogP contribution in [0.15, 0.2) is 23.6 Å². The normalized spacial score (nSPS) is 10.9. The molecule has 0 amide bonds. The van der Waals surface area contributed by atoms with Crippen LogP contribution in [0, 0.1) is 6.92 Å². The van der Waals surface area contributed by atoms with Crippen LogP contribution in [0.1, 0.15) is 11.1 Å². The predicted octanol–water partition coefficient (Wildman–Crippen LogP) is 2.71. The van der Waals surface area contributed by atoms with Crippen LogP contribution in [0.3, 0.4) is 0 Å². The van der Waals surface area contributed by atoms with Gasteiger partial charge in [0.25, 0.3) is 0 Å². The molecule has 2 aromatic rings. The van der Waals surface area contributed by atoms with Crippen molar-refractivity contribution in [2.24, 2.45) is 5.73 Å². The highest BCUT2D eigenvalue weighted by atomic mass is 32.1. The zero-order valence-corrected chi connectivity index (χ0v) is 8.53. The Kier molecular flexibility index (Phi) is 2.34. The average molecular weight is 191 g/mol. The van der Waals surface area contributed by atoms with Crippen molar-refractivity contribution in [3.05, 3.63) is 34.7 Å². The van der Waals surface area contributed by atoms with E-state index in [0.717, 1.165) is 13.0 Å². The van der Waals surface area contributed by atoms with E-state index in [2.05, 4.69) is 30.5 Å². The number of aryl methyl sites for hydroxylation is 1. The van der Waals surface area contributed by atoms with Crippen molar-refractivity contribution in [2.45, 2.75) is 13.3 Å². The van der Waals surface area contributed by atoms with E-state index in [0.29, 0.717) is 0 Å². The van der Waals surface area contributed by atoms with Gasteiger partial charge in [0.15, 0.2) is 0 Å². The molecule has 2 rings (SSSR count). The molecule has 0 bridgehead atoms. The molecule has 0 aliphatic rings. The highest BCUT2D eigenvalue weighted by molar-refractivity contribution is 7.17. The predicted molar refractivity (Wildman–Crippen MR) is 59.3 cm³/mol. The van der Waals surface area contributed by atoms with E-state index in [1.807, 2.05) is 0 Å². The van der Waals surface area contributed by atoms with E-state index in [-0.39, 0.29) is 0 Å². The van der Waals surface area contributed by atoms with Gasteiger partial charge in [-0.1, -0.05) is 6.07 Å². The molecule has 0 unspecified atom stereocenters. The van der Waals surface area contributed by atoms with Gasteiger partial charge in [-0.3, -0.25) is 0 Å². The number of rotatable bonds is 2. The maximum Gasteiger partial charge on any atom is 0.0345 e. The maximum absolute atomic E-state index is 5.55. The van der Waals surface area contributed by atoms with Crippen LogP contribution in [-0.4, -0.2) is 6.54 Å². The molecule has 1 aromatic heterocycles. The lowest BCUT2D eigenvalue weighted by atomic mass is 10.0. The highest BCUT2D eigenvalue weighted by Gasteiger charge is 2.01. The maximum atomic E-state index is 5.55. The van der Waals surface area contributed by atoms with Crippen molar-refractivity contribution in [3.8, 4) is 0 Å². The van der Waals surface area contributed by atoms with E-state index >= 15 is 0 Å². The molecule has 2 heteroatoms. The fourth-order valence-corrected chi connectivity index (χ4v) is 2.42. The lowest BCUT2D eigenvalue weighted by Gasteiger charge is -2.03. The van der Waals surface area contributed by atoms with Crippen LogP contribution in [0.2, 0.25) is 0 Å². The SMILES string of the molecule is Cc1cc2ccsc2cc1CCN. The molecule has 13 heavy (non-hydrogen) atoms. The summed E-state index contributed by atoms with van der Waals surface area (Å²) in [4.78, 5) is 0. The molecule has 0 radical (unpaired) electrons. The molecule has 1 aromatic carbocycles. The van der Waals surface area contributed by atoms with Crippen LogP contribution in [0.25, 0.3) is 10.1 Å². The lowest BCUT2D eigenvalue weighted by Crippen LogP contribution is -2.03. The Bertz CT molecular complexity index is 417. The molecular weight excluding hydrogens is 178 g/mol. The molecule has 0 spiro atoms. The van der Waals surface area contributed by atoms with Crippen molar-refractivity contribution in [3.63, 3.8) is 0 Å². The smallest absolute Gasteiger partial charge is 0.0345 e. The van der Waals surface area contributed by atoms with E-state index in [4.69, 9.17) is 5.73 Å². The van der Waals surface area contributed by atoms with Crippen molar-refractivity contribution in [1.29, 1.82) is 0 Å². The summed E-state index contributed by atoms with van der Waals surface area (Å²) in [5.41, 5.74) is 8.30. The van der Waals surface area contributed by atoms with Crippen LogP contribution in [0.5, 0.6) is 0 Å². The van der Waals surface area contributed by atoms with Crippen molar-refractivity contribution in [2.75, 3.05) is 6.54 Å². The second-order valence-electron chi connectivity index (χ2n) is 3.28. The minimum atomic E-state index is 0.734. The molecule has 68 valence electrons. The van der Waals surface area contributed by atoms with Crippen molar-refractivity contribution < 1.29 is 0 Å². The number of thiophene rings is 1. The molecule has 0 atom stereocenters. The van der Waals surface area contributed by atoms with Crippen molar-refractivity contribution >= 4 is 21.4 Å². The largest absolute Gasteiger partial charge is 0.330 e. The van der Waals surface area contributed by atoms with Crippen LogP contribution >= 0.6 is 11.3 Å². The van der Waals surface area contributed by atoms with E-state index in [1.165, 1.54) is 21.2 Å². The van der Waals surface area contributed by atoms with Gasteiger partial charge in [-0.05, 0) is 53.9 Å². The summed E-state index contributed by atoms with van der Waals surface area (Å²) in [7, 11) is 0. The van der Waals surface area contributed by atoms with E-state index in [9.17, 15) is 0 Å². The molecule has 1 heterocycles. The van der Waals surface area contributed by atoms with Gasteiger partial charge >= 0.3 is 0 Å². The fraction of sp³-hybridized carbons (Fsp3) is 0.273. The summed E-state index contributed by atoms with van der Waals surface area (Å²) in [5, 5.41) is 3.49. The Morgan fingerprint density at radius 2 is 2.23 bits per heavy atom. The Morgan fingerprint density at radius 3 is 3.00 bits per heavy atom. The summed E-state index contributed by atoms with van der Waals surface area (Å²) < 4.78 is 1.37. The third kappa shape index (κ3) is 1.60. The topological polar surface area (TPSA) is 26.0 Å². The van der Waals surface area contributed by atoms with Crippen LogP contribution < -0.4 is 5.73 Å². The molecule has 0 saturated heterocycles. The standard InChI is InChI=1S/C11H13NS/c1-8-6-10-3-5-13-11(10)7-9(8)2-4-12/h3,5-7H,2,4,12H2,1H3. The third-order valence-electron chi connectivity index (χ3n) is 2.32. The van der Waals surface area contributed by atoms with Gasteiger partial charge in [0.05, 0.1) is 0 Å². The number of benzene rings is 1. The summed E-state index contributed by atoms with van der Waals surface area (Å²) in [6.07, 6.45) is 0.986. The van der Waals surface area contributed by atoms with Gasteiger partial charge in [-0.25, -0.2) is 0 Å². The first-order valence-corrected chi connectivity index (χ1v) is 5.36. The van der Waals surface area contributed by atoms with Gasteiger partial charge in [0, 0.05) is 4.70 Å². The van der Waals surface area contributed by atoms with Crippen LogP contribution in [0.4, 0.5) is 0 Å². The van der Waals surface area contributed by atoms with Gasteiger partial charge in [0.2, 0.25) is 0 Å². The first-order valence-electron chi connectivity index (χ1n) is 4.48. The number of fused-ring (bicyclic) bond motifs is 1. The molecule has 0 aliphatic carbocycles. The monoisotopic (exact) mass is 191 g/mol. The fourth-order valence-electron chi connectivity index (χ4n) is 1.59. The molecule has 1 nitrogen and oxygen atoms in total. The Balaban J connectivity index is 2.56. The minimum Gasteiger partial charge on any atom is -0.330 e. The van der Waals surface area contributed by atoms with Gasteiger partial charge < -0.3 is 5.73 Å². The summed E-state index contributed by atoms with van der Waals surface area (Å²) in [6.45, 7) is 2.89. The summed E-state index contributed by atoms with van der Waals surface area (Å²) in [6, 6.07) is 6.68. The number of hydrogen-bond donors (Lipinski definition) is 1. The highest BCUT2D eigenvalue weighted by Crippen LogP contribution is 2.24. The second-order valence-corrected chi connectivity index (χ2v) is 4.22. The van der Waals surface area contributed by atoms with Crippen molar-refractivity contribution in [1.82, 2.24) is 0 Å². The molecule has 0 aliphatic heterocycles. The molecular formula is C11H13NS. The average Bonchev–Trinajstić information content (AvgIpc) is 2.52. The first kappa shape index (κ1) is 8.73. The number of nitrogens with two attached hydrogens (primary N) is 1. The quantitative estimate of drug-likeness (QED) is 0.776. The zero-order valence-electron chi connectivity index (χ0n) is 7.71. The third-order valence-corrected chi connectivity index (χ3v) is 3.20. The lowest BCUT2D eigenvalue weighted by molar-refractivity contribution is 0.961.